The molecule has 1 amide bonds. The number of carbonyl (C=O) groups is 1. The molecule has 0 atom stereocenters. The zero-order valence-electron chi connectivity index (χ0n) is 17.2. The van der Waals surface area contributed by atoms with Gasteiger partial charge in [-0.05, 0) is 35.9 Å². The van der Waals surface area contributed by atoms with Crippen LogP contribution in [0.25, 0.3) is 0 Å². The summed E-state index contributed by atoms with van der Waals surface area (Å²) in [4.78, 5) is 19.5. The first-order valence-corrected chi connectivity index (χ1v) is 9.14. The maximum absolute atomic E-state index is 12.4. The molecule has 0 saturated carbocycles. The fourth-order valence-corrected chi connectivity index (χ4v) is 2.77. The van der Waals surface area contributed by atoms with E-state index in [1.807, 2.05) is 12.1 Å². The van der Waals surface area contributed by atoms with Crippen LogP contribution in [0.4, 0.5) is 0 Å². The summed E-state index contributed by atoms with van der Waals surface area (Å²) in [5.74, 6) is 2.62. The van der Waals surface area contributed by atoms with Crippen molar-refractivity contribution in [2.75, 3.05) is 20.8 Å². The van der Waals surface area contributed by atoms with Crippen LogP contribution in [0.15, 0.2) is 48.8 Å². The number of halogens is 2. The Bertz CT molecular complexity index is 968. The highest BCUT2D eigenvalue weighted by molar-refractivity contribution is 5.94. The Balaban J connectivity index is 0.00000240. The molecule has 0 aliphatic carbocycles. The number of nitrogens with zero attached hydrogens (tertiary/aromatic N) is 1. The first-order valence-electron chi connectivity index (χ1n) is 9.14. The summed E-state index contributed by atoms with van der Waals surface area (Å²) in [6.07, 6.45) is 4.05. The van der Waals surface area contributed by atoms with Gasteiger partial charge in [0, 0.05) is 37.5 Å². The summed E-state index contributed by atoms with van der Waals surface area (Å²) in [7, 11) is 3.09. The average Bonchev–Trinajstić information content (AvgIpc) is 3.27. The van der Waals surface area contributed by atoms with E-state index in [0.29, 0.717) is 48.1 Å². The van der Waals surface area contributed by atoms with E-state index in [-0.39, 0.29) is 30.7 Å². The van der Waals surface area contributed by atoms with Crippen LogP contribution < -0.4 is 25.3 Å². The molecule has 0 radical (unpaired) electrons. The molecule has 0 unspecified atom stereocenters. The number of methoxy groups -OCH3 is 2. The third-order valence-corrected chi connectivity index (χ3v) is 4.31. The van der Waals surface area contributed by atoms with E-state index in [9.17, 15) is 4.79 Å². The number of hydrogen-bond acceptors (Lipinski definition) is 6. The Labute approximate surface area is 193 Å². The number of hydrogen-bond donors (Lipinski definition) is 3. The second-order valence-electron chi connectivity index (χ2n) is 6.20. The summed E-state index contributed by atoms with van der Waals surface area (Å²) in [5, 5.41) is 2.86. The molecule has 2 aromatic carbocycles. The minimum absolute atomic E-state index is 0. The maximum Gasteiger partial charge on any atom is 0.251 e. The number of nitrogens with two attached hydrogens (primary N) is 1. The van der Waals surface area contributed by atoms with E-state index in [1.54, 1.807) is 43.8 Å². The van der Waals surface area contributed by atoms with Crippen molar-refractivity contribution in [3.05, 3.63) is 65.7 Å². The Morgan fingerprint density at radius 1 is 1.03 bits per heavy atom. The second-order valence-corrected chi connectivity index (χ2v) is 6.20. The lowest BCUT2D eigenvalue weighted by Crippen LogP contribution is -2.25. The van der Waals surface area contributed by atoms with Gasteiger partial charge >= 0.3 is 0 Å². The zero-order chi connectivity index (χ0) is 20.6. The number of carbonyl (C=O) groups excluding carboxylic acids is 1. The van der Waals surface area contributed by atoms with E-state index in [0.717, 1.165) is 11.4 Å². The lowest BCUT2D eigenvalue weighted by molar-refractivity contribution is 0.0953. The number of amides is 1. The van der Waals surface area contributed by atoms with Gasteiger partial charge in [-0.15, -0.1) is 24.8 Å². The van der Waals surface area contributed by atoms with Gasteiger partial charge in [0.05, 0.1) is 14.2 Å². The number of aromatic amines is 1. The molecule has 8 nitrogen and oxygen atoms in total. The highest BCUT2D eigenvalue weighted by atomic mass is 35.5. The summed E-state index contributed by atoms with van der Waals surface area (Å²) in [6, 6.07) is 10.5. The number of benzene rings is 2. The van der Waals surface area contributed by atoms with Crippen molar-refractivity contribution in [2.45, 2.75) is 13.0 Å². The van der Waals surface area contributed by atoms with Crippen LogP contribution in [-0.4, -0.2) is 36.6 Å². The van der Waals surface area contributed by atoms with Crippen LogP contribution in [0.3, 0.4) is 0 Å². The molecule has 0 fully saturated rings. The van der Waals surface area contributed by atoms with Crippen molar-refractivity contribution >= 4 is 30.7 Å². The van der Waals surface area contributed by atoms with Gasteiger partial charge in [-0.25, -0.2) is 4.98 Å². The van der Waals surface area contributed by atoms with Gasteiger partial charge in [-0.3, -0.25) is 4.79 Å². The van der Waals surface area contributed by atoms with Gasteiger partial charge in [0.15, 0.2) is 23.0 Å². The molecular formula is C21H26Cl2N4O4. The minimum atomic E-state index is -0.203. The fraction of sp³-hybridized carbons (Fsp3) is 0.238. The highest BCUT2D eigenvalue weighted by Gasteiger charge is 2.14. The number of rotatable bonds is 9. The van der Waals surface area contributed by atoms with Crippen LogP contribution in [0, 0.1) is 0 Å². The van der Waals surface area contributed by atoms with Crippen molar-refractivity contribution < 1.29 is 19.0 Å². The van der Waals surface area contributed by atoms with E-state index in [1.165, 1.54) is 7.11 Å². The van der Waals surface area contributed by atoms with E-state index >= 15 is 0 Å². The summed E-state index contributed by atoms with van der Waals surface area (Å²) < 4.78 is 16.7. The van der Waals surface area contributed by atoms with E-state index in [2.05, 4.69) is 15.3 Å². The topological polar surface area (TPSA) is 111 Å². The fourth-order valence-electron chi connectivity index (χ4n) is 2.77. The van der Waals surface area contributed by atoms with Crippen LogP contribution in [0.5, 0.6) is 23.0 Å². The van der Waals surface area contributed by atoms with Crippen LogP contribution in [-0.2, 0) is 13.0 Å². The molecule has 4 N–H and O–H groups in total. The number of aromatic nitrogens is 2. The lowest BCUT2D eigenvalue weighted by Gasteiger charge is -2.14. The molecule has 31 heavy (non-hydrogen) atoms. The van der Waals surface area contributed by atoms with Gasteiger partial charge in [0.25, 0.3) is 5.91 Å². The van der Waals surface area contributed by atoms with Crippen molar-refractivity contribution in [1.29, 1.82) is 0 Å². The number of nitrogens with one attached hydrogen (secondary N) is 2. The molecule has 0 bridgehead atoms. The molecule has 3 aromatic rings. The van der Waals surface area contributed by atoms with E-state index < -0.39 is 0 Å². The van der Waals surface area contributed by atoms with Gasteiger partial charge in [-0.2, -0.15) is 0 Å². The predicted octanol–water partition coefficient (Wildman–Crippen LogP) is 3.49. The van der Waals surface area contributed by atoms with Crippen LogP contribution >= 0.6 is 24.8 Å². The number of ether oxygens (including phenoxy) is 3. The summed E-state index contributed by atoms with van der Waals surface area (Å²) in [6.45, 7) is 0.876. The largest absolute Gasteiger partial charge is 0.493 e. The second kappa shape index (κ2) is 12.7. The lowest BCUT2D eigenvalue weighted by atomic mass is 10.1. The highest BCUT2D eigenvalue weighted by Crippen LogP contribution is 2.37. The first-order chi connectivity index (χ1) is 14.1. The third-order valence-electron chi connectivity index (χ3n) is 4.31. The SMILES string of the molecule is COc1cc(CN)ccc1Oc1ccc(C(=O)NCCc2ncc[nH]2)cc1OC.Cl.Cl. The standard InChI is InChI=1S/C21H24N4O4.2ClH/c1-27-18-11-14(13-22)3-5-16(18)29-17-6-4-15(12-19(17)28-2)21(26)25-8-7-20-23-9-10-24-20;;/h3-6,9-12H,7-8,13,22H2,1-2H3,(H,23,24)(H,25,26);2*1H. The molecule has 0 spiro atoms. The number of H-pyrrole nitrogens is 1. The normalized spacial score (nSPS) is 9.77. The van der Waals surface area contributed by atoms with Gasteiger partial charge < -0.3 is 30.2 Å². The van der Waals surface area contributed by atoms with Crippen molar-refractivity contribution in [2.24, 2.45) is 5.73 Å². The molecule has 10 heteroatoms. The summed E-state index contributed by atoms with van der Waals surface area (Å²) >= 11 is 0. The Kier molecular flexibility index (Phi) is 10.7. The number of imidazole rings is 1. The smallest absolute Gasteiger partial charge is 0.251 e. The van der Waals surface area contributed by atoms with Crippen LogP contribution in [0.1, 0.15) is 21.7 Å². The molecule has 0 saturated heterocycles. The van der Waals surface area contributed by atoms with Gasteiger partial charge in [0.2, 0.25) is 0 Å². The molecule has 0 aliphatic rings. The summed E-state index contributed by atoms with van der Waals surface area (Å²) in [5.41, 5.74) is 7.07. The quantitative estimate of drug-likeness (QED) is 0.443. The zero-order valence-corrected chi connectivity index (χ0v) is 18.8. The van der Waals surface area contributed by atoms with E-state index in [4.69, 9.17) is 19.9 Å². The molecular weight excluding hydrogens is 443 g/mol. The van der Waals surface area contributed by atoms with Crippen molar-refractivity contribution in [3.63, 3.8) is 0 Å². The molecule has 0 aliphatic heterocycles. The predicted molar refractivity (Wildman–Crippen MR) is 123 cm³/mol. The molecule has 3 rings (SSSR count). The maximum atomic E-state index is 12.4. The van der Waals surface area contributed by atoms with Crippen LogP contribution in [0.2, 0.25) is 0 Å². The van der Waals surface area contributed by atoms with Gasteiger partial charge in [0.1, 0.15) is 5.82 Å². The first kappa shape index (κ1) is 26.1. The van der Waals surface area contributed by atoms with Gasteiger partial charge in [-0.1, -0.05) is 6.07 Å². The average molecular weight is 469 g/mol. The van der Waals surface area contributed by atoms with Crippen molar-refractivity contribution in [1.82, 2.24) is 15.3 Å². The Morgan fingerprint density at radius 2 is 1.71 bits per heavy atom. The molecule has 1 aromatic heterocycles. The molecule has 1 heterocycles. The molecule has 168 valence electrons. The monoisotopic (exact) mass is 468 g/mol. The minimum Gasteiger partial charge on any atom is -0.493 e. The Hall–Kier alpha value is -2.94. The van der Waals surface area contributed by atoms with Crippen molar-refractivity contribution in [3.8, 4) is 23.0 Å². The Morgan fingerprint density at radius 3 is 2.32 bits per heavy atom. The third kappa shape index (κ3) is 6.78.